The number of nitrogens with two attached hydrogens (primary N) is 1. The SMILES string of the molecule is C#Cc1ccc2c(c1)[C@@H](N)C1(CCN(c3cc(=O)n(-c4ccc(C#N)c(Cl)c4Cl)c(C)n3)CC1)C2. The summed E-state index contributed by atoms with van der Waals surface area (Å²) < 4.78 is 1.41. The Kier molecular flexibility index (Phi) is 5.85. The molecule has 2 heterocycles. The van der Waals surface area contributed by atoms with E-state index >= 15 is 0 Å². The number of aryl methyl sites for hydroxylation is 1. The van der Waals surface area contributed by atoms with E-state index in [1.165, 1.54) is 16.2 Å². The summed E-state index contributed by atoms with van der Waals surface area (Å²) >= 11 is 12.6. The molecule has 1 spiro atoms. The van der Waals surface area contributed by atoms with Crippen molar-refractivity contribution in [2.75, 3.05) is 18.0 Å². The van der Waals surface area contributed by atoms with Crippen LogP contribution in [0.25, 0.3) is 5.69 Å². The highest BCUT2D eigenvalue weighted by atomic mass is 35.5. The molecule has 8 heteroatoms. The molecule has 0 bridgehead atoms. The van der Waals surface area contributed by atoms with Crippen molar-refractivity contribution in [2.45, 2.75) is 32.2 Å². The van der Waals surface area contributed by atoms with Crippen LogP contribution in [0.2, 0.25) is 10.0 Å². The summed E-state index contributed by atoms with van der Waals surface area (Å²) in [6.07, 6.45) is 8.32. The van der Waals surface area contributed by atoms with Gasteiger partial charge in [0.2, 0.25) is 0 Å². The number of piperidine rings is 1. The van der Waals surface area contributed by atoms with Crippen molar-refractivity contribution >= 4 is 29.0 Å². The maximum atomic E-state index is 13.1. The molecule has 2 aliphatic rings. The molecule has 2 aromatic carbocycles. The molecule has 5 rings (SSSR count). The molecule has 1 aromatic heterocycles. The highest BCUT2D eigenvalue weighted by molar-refractivity contribution is 6.43. The number of benzene rings is 2. The van der Waals surface area contributed by atoms with E-state index in [0.717, 1.165) is 43.5 Å². The Morgan fingerprint density at radius 3 is 2.57 bits per heavy atom. The van der Waals surface area contributed by atoms with Crippen molar-refractivity contribution in [2.24, 2.45) is 11.1 Å². The summed E-state index contributed by atoms with van der Waals surface area (Å²) in [5.74, 6) is 3.82. The number of halogens is 2. The minimum absolute atomic E-state index is 0.0111. The van der Waals surface area contributed by atoms with Crippen LogP contribution in [0.4, 0.5) is 5.82 Å². The third-order valence-electron chi connectivity index (χ3n) is 7.43. The van der Waals surface area contributed by atoms with Gasteiger partial charge in [0, 0.05) is 30.8 Å². The van der Waals surface area contributed by atoms with Gasteiger partial charge in [-0.3, -0.25) is 9.36 Å². The monoisotopic (exact) mass is 503 g/mol. The van der Waals surface area contributed by atoms with Crippen LogP contribution in [0.15, 0.2) is 41.2 Å². The standard InChI is InChI=1S/C27H23Cl2N5O/c1-3-17-4-5-18-14-27(26(31)20(18)12-17)8-10-33(11-9-27)22-13-23(35)34(16(2)32-22)21-7-6-19(15-30)24(28)25(21)29/h1,4-7,12-13,26H,8-11,14,31H2,2H3/t26-/m1/s1. The molecule has 3 aromatic rings. The van der Waals surface area contributed by atoms with E-state index in [9.17, 15) is 4.79 Å². The normalized spacial score (nSPS) is 18.2. The van der Waals surface area contributed by atoms with E-state index in [1.54, 1.807) is 19.1 Å². The second-order valence-corrected chi connectivity index (χ2v) is 10.0. The molecule has 35 heavy (non-hydrogen) atoms. The van der Waals surface area contributed by atoms with Crippen molar-refractivity contribution in [3.8, 4) is 24.1 Å². The van der Waals surface area contributed by atoms with Crippen molar-refractivity contribution in [3.05, 3.63) is 84.9 Å². The van der Waals surface area contributed by atoms with Gasteiger partial charge in [-0.2, -0.15) is 5.26 Å². The summed E-state index contributed by atoms with van der Waals surface area (Å²) in [7, 11) is 0. The van der Waals surface area contributed by atoms with Crippen LogP contribution >= 0.6 is 23.2 Å². The van der Waals surface area contributed by atoms with Crippen molar-refractivity contribution < 1.29 is 0 Å². The van der Waals surface area contributed by atoms with Crippen LogP contribution < -0.4 is 16.2 Å². The van der Waals surface area contributed by atoms with Gasteiger partial charge >= 0.3 is 0 Å². The summed E-state index contributed by atoms with van der Waals surface area (Å²) in [5, 5.41) is 9.43. The third-order valence-corrected chi connectivity index (χ3v) is 8.30. The Bertz CT molecular complexity index is 1490. The fourth-order valence-electron chi connectivity index (χ4n) is 5.46. The van der Waals surface area contributed by atoms with Gasteiger partial charge in [0.05, 0.1) is 21.3 Å². The maximum Gasteiger partial charge on any atom is 0.260 e. The van der Waals surface area contributed by atoms with Gasteiger partial charge in [-0.05, 0) is 67.0 Å². The number of rotatable bonds is 2. The van der Waals surface area contributed by atoms with Crippen LogP contribution in [0, 0.1) is 36.0 Å². The Balaban J connectivity index is 1.39. The number of anilines is 1. The van der Waals surface area contributed by atoms with E-state index in [0.29, 0.717) is 17.3 Å². The third kappa shape index (κ3) is 3.79. The predicted octanol–water partition coefficient (Wildman–Crippen LogP) is 4.54. The molecular weight excluding hydrogens is 481 g/mol. The minimum atomic E-state index is -0.262. The number of hydrogen-bond donors (Lipinski definition) is 1. The van der Waals surface area contributed by atoms with E-state index in [1.807, 2.05) is 18.2 Å². The summed E-state index contributed by atoms with van der Waals surface area (Å²) in [5.41, 5.74) is 10.4. The predicted molar refractivity (Wildman–Crippen MR) is 138 cm³/mol. The Hall–Kier alpha value is -3.29. The lowest BCUT2D eigenvalue weighted by molar-refractivity contribution is 0.187. The molecule has 0 unspecified atom stereocenters. The second-order valence-electron chi connectivity index (χ2n) is 9.27. The van der Waals surface area contributed by atoms with E-state index in [-0.39, 0.29) is 32.6 Å². The Morgan fingerprint density at radius 2 is 1.91 bits per heavy atom. The average Bonchev–Trinajstić information content (AvgIpc) is 3.12. The molecule has 1 aliphatic carbocycles. The van der Waals surface area contributed by atoms with Crippen LogP contribution in [-0.4, -0.2) is 22.6 Å². The van der Waals surface area contributed by atoms with Crippen LogP contribution in [-0.2, 0) is 6.42 Å². The zero-order chi connectivity index (χ0) is 24.9. The molecule has 1 fully saturated rings. The zero-order valence-electron chi connectivity index (χ0n) is 19.2. The molecule has 1 aliphatic heterocycles. The van der Waals surface area contributed by atoms with E-state index < -0.39 is 0 Å². The molecular formula is C27H23Cl2N5O. The molecule has 176 valence electrons. The fourth-order valence-corrected chi connectivity index (χ4v) is 5.91. The second kappa shape index (κ2) is 8.73. The molecule has 1 saturated heterocycles. The first-order valence-corrected chi connectivity index (χ1v) is 12.1. The summed E-state index contributed by atoms with van der Waals surface area (Å²) in [4.78, 5) is 20.0. The fraction of sp³-hybridized carbons (Fsp3) is 0.296. The van der Waals surface area contributed by atoms with Gasteiger partial charge in [0.15, 0.2) is 0 Å². The summed E-state index contributed by atoms with van der Waals surface area (Å²) in [6.45, 7) is 3.26. The highest BCUT2D eigenvalue weighted by Crippen LogP contribution is 2.51. The summed E-state index contributed by atoms with van der Waals surface area (Å²) in [6, 6.07) is 12.7. The number of terminal acetylenes is 1. The van der Waals surface area contributed by atoms with Gasteiger partial charge < -0.3 is 10.6 Å². The van der Waals surface area contributed by atoms with Gasteiger partial charge in [-0.25, -0.2) is 4.98 Å². The van der Waals surface area contributed by atoms with Crippen LogP contribution in [0.1, 0.15) is 47.0 Å². The number of nitrogens with zero attached hydrogens (tertiary/aromatic N) is 4. The lowest BCUT2D eigenvalue weighted by atomic mass is 9.73. The molecule has 0 saturated carbocycles. The van der Waals surface area contributed by atoms with Gasteiger partial charge in [-0.1, -0.05) is 35.2 Å². The zero-order valence-corrected chi connectivity index (χ0v) is 20.7. The Morgan fingerprint density at radius 1 is 1.17 bits per heavy atom. The first kappa shape index (κ1) is 23.5. The number of fused-ring (bicyclic) bond motifs is 1. The first-order valence-electron chi connectivity index (χ1n) is 11.4. The molecule has 0 radical (unpaired) electrons. The number of nitriles is 1. The quantitative estimate of drug-likeness (QED) is 0.518. The van der Waals surface area contributed by atoms with Crippen molar-refractivity contribution in [1.82, 2.24) is 9.55 Å². The molecule has 6 nitrogen and oxygen atoms in total. The lowest BCUT2D eigenvalue weighted by Gasteiger charge is -2.42. The van der Waals surface area contributed by atoms with Crippen molar-refractivity contribution in [3.63, 3.8) is 0 Å². The lowest BCUT2D eigenvalue weighted by Crippen LogP contribution is -2.45. The molecule has 0 amide bonds. The van der Waals surface area contributed by atoms with Gasteiger partial charge in [-0.15, -0.1) is 6.42 Å². The van der Waals surface area contributed by atoms with Crippen LogP contribution in [0.3, 0.4) is 0 Å². The molecule has 1 atom stereocenters. The van der Waals surface area contributed by atoms with E-state index in [2.05, 4.69) is 16.9 Å². The van der Waals surface area contributed by atoms with E-state index in [4.69, 9.17) is 45.6 Å². The van der Waals surface area contributed by atoms with Gasteiger partial charge in [0.25, 0.3) is 5.56 Å². The molecule has 2 N–H and O–H groups in total. The maximum absolute atomic E-state index is 13.1. The number of aromatic nitrogens is 2. The number of hydrogen-bond acceptors (Lipinski definition) is 5. The first-order chi connectivity index (χ1) is 16.8. The average molecular weight is 504 g/mol. The van der Waals surface area contributed by atoms with Gasteiger partial charge in [0.1, 0.15) is 17.7 Å². The smallest absolute Gasteiger partial charge is 0.260 e. The van der Waals surface area contributed by atoms with Crippen molar-refractivity contribution in [1.29, 1.82) is 5.26 Å². The Labute approximate surface area is 213 Å². The minimum Gasteiger partial charge on any atom is -0.356 e. The topological polar surface area (TPSA) is 87.9 Å². The largest absolute Gasteiger partial charge is 0.356 e. The highest BCUT2D eigenvalue weighted by Gasteiger charge is 2.46. The van der Waals surface area contributed by atoms with Crippen LogP contribution in [0.5, 0.6) is 0 Å².